The second-order valence-corrected chi connectivity index (χ2v) is 8.16. The molecule has 0 spiro atoms. The number of aryl methyl sites for hydroxylation is 2. The molecule has 1 aliphatic rings. The first-order valence-electron chi connectivity index (χ1n) is 9.96. The highest BCUT2D eigenvalue weighted by atomic mass is 16.2. The van der Waals surface area contributed by atoms with Gasteiger partial charge in [-0.15, -0.1) is 0 Å². The number of aromatic nitrogens is 2. The minimum atomic E-state index is 0.107. The predicted molar refractivity (Wildman–Crippen MR) is 109 cm³/mol. The molecular weight excluding hydrogens is 338 g/mol. The zero-order chi connectivity index (χ0) is 19.6. The zero-order valence-electron chi connectivity index (χ0n) is 17.4. The van der Waals surface area contributed by atoms with Crippen LogP contribution < -0.4 is 0 Å². The molecule has 6 heteroatoms. The highest BCUT2D eigenvalue weighted by Gasteiger charge is 2.29. The molecule has 27 heavy (non-hydrogen) atoms. The van der Waals surface area contributed by atoms with Crippen LogP contribution in [0.15, 0.2) is 18.3 Å². The number of imidazole rings is 1. The van der Waals surface area contributed by atoms with Crippen LogP contribution in [-0.2, 0) is 0 Å². The van der Waals surface area contributed by atoms with E-state index < -0.39 is 0 Å². The fraction of sp³-hybridized carbons (Fsp3) is 0.619. The Labute approximate surface area is 162 Å². The molecule has 1 saturated heterocycles. The van der Waals surface area contributed by atoms with Crippen LogP contribution in [0.2, 0.25) is 0 Å². The van der Waals surface area contributed by atoms with Crippen molar-refractivity contribution in [3.05, 3.63) is 35.3 Å². The zero-order valence-corrected chi connectivity index (χ0v) is 17.4. The molecule has 3 heterocycles. The van der Waals surface area contributed by atoms with Crippen molar-refractivity contribution in [2.75, 3.05) is 47.3 Å². The van der Waals surface area contributed by atoms with E-state index in [1.807, 2.05) is 41.5 Å². The van der Waals surface area contributed by atoms with Gasteiger partial charge in [-0.3, -0.25) is 9.20 Å². The number of rotatable bonds is 6. The number of pyridine rings is 1. The lowest BCUT2D eigenvalue weighted by atomic mass is 10.0. The number of carbonyl (C=O) groups is 1. The average Bonchev–Trinajstić information content (AvgIpc) is 2.95. The van der Waals surface area contributed by atoms with Gasteiger partial charge in [0.25, 0.3) is 5.91 Å². The highest BCUT2D eigenvalue weighted by Crippen LogP contribution is 2.20. The Morgan fingerprint density at radius 1 is 1.26 bits per heavy atom. The van der Waals surface area contributed by atoms with Gasteiger partial charge in [-0.1, -0.05) is 0 Å². The summed E-state index contributed by atoms with van der Waals surface area (Å²) in [6, 6.07) is 4.50. The Hall–Kier alpha value is -1.92. The number of carbonyl (C=O) groups excluding carboxylic acids is 1. The van der Waals surface area contributed by atoms with E-state index in [1.165, 1.54) is 0 Å². The Bertz CT molecular complexity index is 797. The molecule has 1 aliphatic heterocycles. The van der Waals surface area contributed by atoms with Crippen molar-refractivity contribution in [2.24, 2.45) is 0 Å². The first-order chi connectivity index (χ1) is 12.9. The van der Waals surface area contributed by atoms with Crippen molar-refractivity contribution in [3.63, 3.8) is 0 Å². The van der Waals surface area contributed by atoms with E-state index in [1.54, 1.807) is 0 Å². The van der Waals surface area contributed by atoms with Crippen LogP contribution in [0.3, 0.4) is 0 Å². The fourth-order valence-corrected chi connectivity index (χ4v) is 3.99. The van der Waals surface area contributed by atoms with Gasteiger partial charge in [-0.2, -0.15) is 0 Å². The molecule has 148 valence electrons. The number of hydrogen-bond acceptors (Lipinski definition) is 4. The standard InChI is InChI=1S/C21H33N5O/c1-16-9-13-26-19(14-16)22-17(2)20(26)21(27)25-12-6-8-18(15-25)24(5)11-7-10-23(3)4/h9,13-14,18H,6-8,10-12,15H2,1-5H3/t18-/m1/s1. The first kappa shape index (κ1) is 19.8. The third-order valence-corrected chi connectivity index (χ3v) is 5.58. The Kier molecular flexibility index (Phi) is 6.17. The van der Waals surface area contributed by atoms with Crippen molar-refractivity contribution in [2.45, 2.75) is 39.2 Å². The number of amides is 1. The summed E-state index contributed by atoms with van der Waals surface area (Å²) in [5.74, 6) is 0.107. The average molecular weight is 372 g/mol. The van der Waals surface area contributed by atoms with E-state index in [0.717, 1.165) is 62.3 Å². The first-order valence-corrected chi connectivity index (χ1v) is 9.96. The molecule has 0 aromatic carbocycles. The monoisotopic (exact) mass is 371 g/mol. The van der Waals surface area contributed by atoms with Crippen LogP contribution in [0.25, 0.3) is 5.65 Å². The quantitative estimate of drug-likeness (QED) is 0.782. The molecule has 3 rings (SSSR count). The van der Waals surface area contributed by atoms with Crippen LogP contribution in [0.5, 0.6) is 0 Å². The summed E-state index contributed by atoms with van der Waals surface area (Å²) in [6.45, 7) is 7.78. The van der Waals surface area contributed by atoms with E-state index in [9.17, 15) is 4.79 Å². The molecule has 2 aromatic rings. The van der Waals surface area contributed by atoms with E-state index in [-0.39, 0.29) is 5.91 Å². The minimum absolute atomic E-state index is 0.107. The van der Waals surface area contributed by atoms with Crippen molar-refractivity contribution in [1.82, 2.24) is 24.1 Å². The molecule has 0 bridgehead atoms. The van der Waals surface area contributed by atoms with E-state index >= 15 is 0 Å². The van der Waals surface area contributed by atoms with Crippen molar-refractivity contribution < 1.29 is 4.79 Å². The van der Waals surface area contributed by atoms with Gasteiger partial charge in [-0.05, 0) is 85.0 Å². The van der Waals surface area contributed by atoms with Crippen LogP contribution in [0, 0.1) is 13.8 Å². The van der Waals surface area contributed by atoms with Gasteiger partial charge in [-0.25, -0.2) is 4.98 Å². The molecule has 0 aliphatic carbocycles. The van der Waals surface area contributed by atoms with E-state index in [4.69, 9.17) is 0 Å². The molecule has 0 radical (unpaired) electrons. The second kappa shape index (κ2) is 8.40. The van der Waals surface area contributed by atoms with Gasteiger partial charge in [0.2, 0.25) is 0 Å². The summed E-state index contributed by atoms with van der Waals surface area (Å²) in [6.07, 6.45) is 5.34. The van der Waals surface area contributed by atoms with Crippen LogP contribution in [-0.4, -0.2) is 83.4 Å². The van der Waals surface area contributed by atoms with Gasteiger partial charge in [0.1, 0.15) is 11.3 Å². The van der Waals surface area contributed by atoms with Crippen molar-refractivity contribution in [1.29, 1.82) is 0 Å². The number of hydrogen-bond donors (Lipinski definition) is 0. The maximum atomic E-state index is 13.3. The topological polar surface area (TPSA) is 44.1 Å². The highest BCUT2D eigenvalue weighted by molar-refractivity contribution is 5.94. The normalized spacial score (nSPS) is 18.0. The Balaban J connectivity index is 1.71. The Morgan fingerprint density at radius 2 is 2.04 bits per heavy atom. The van der Waals surface area contributed by atoms with Gasteiger partial charge < -0.3 is 14.7 Å². The molecular formula is C21H33N5O. The number of likely N-dealkylation sites (N-methyl/N-ethyl adjacent to an activating group) is 1. The van der Waals surface area contributed by atoms with E-state index in [0.29, 0.717) is 11.7 Å². The lowest BCUT2D eigenvalue weighted by Crippen LogP contribution is -2.49. The summed E-state index contributed by atoms with van der Waals surface area (Å²) < 4.78 is 1.94. The number of fused-ring (bicyclic) bond motifs is 1. The summed E-state index contributed by atoms with van der Waals surface area (Å²) in [4.78, 5) is 24.6. The Morgan fingerprint density at radius 3 is 2.78 bits per heavy atom. The van der Waals surface area contributed by atoms with Gasteiger partial charge in [0.05, 0.1) is 5.69 Å². The maximum absolute atomic E-state index is 13.3. The maximum Gasteiger partial charge on any atom is 0.272 e. The van der Waals surface area contributed by atoms with Crippen molar-refractivity contribution in [3.8, 4) is 0 Å². The van der Waals surface area contributed by atoms with E-state index in [2.05, 4.69) is 35.9 Å². The number of piperidine rings is 1. The summed E-state index contributed by atoms with van der Waals surface area (Å²) in [5.41, 5.74) is 3.53. The lowest BCUT2D eigenvalue weighted by molar-refractivity contribution is 0.0600. The fourth-order valence-electron chi connectivity index (χ4n) is 3.99. The lowest BCUT2D eigenvalue weighted by Gasteiger charge is -2.37. The predicted octanol–water partition coefficient (Wildman–Crippen LogP) is 2.44. The molecule has 1 atom stereocenters. The third-order valence-electron chi connectivity index (χ3n) is 5.58. The largest absolute Gasteiger partial charge is 0.336 e. The summed E-state index contributed by atoms with van der Waals surface area (Å²) in [7, 11) is 6.41. The molecule has 2 aromatic heterocycles. The van der Waals surface area contributed by atoms with Crippen LogP contribution in [0.4, 0.5) is 0 Å². The smallest absolute Gasteiger partial charge is 0.272 e. The molecule has 6 nitrogen and oxygen atoms in total. The molecule has 1 fully saturated rings. The number of nitrogens with zero attached hydrogens (tertiary/aromatic N) is 5. The minimum Gasteiger partial charge on any atom is -0.336 e. The number of likely N-dealkylation sites (tertiary alicyclic amines) is 1. The summed E-state index contributed by atoms with van der Waals surface area (Å²) >= 11 is 0. The molecule has 0 unspecified atom stereocenters. The molecule has 0 saturated carbocycles. The van der Waals surface area contributed by atoms with Crippen molar-refractivity contribution >= 4 is 11.6 Å². The van der Waals surface area contributed by atoms with Gasteiger partial charge in [0.15, 0.2) is 0 Å². The van der Waals surface area contributed by atoms with Gasteiger partial charge in [0, 0.05) is 25.3 Å². The van der Waals surface area contributed by atoms with Crippen LogP contribution >= 0.6 is 0 Å². The van der Waals surface area contributed by atoms with Crippen LogP contribution in [0.1, 0.15) is 41.0 Å². The molecule has 1 amide bonds. The molecule has 0 N–H and O–H groups in total. The second-order valence-electron chi connectivity index (χ2n) is 8.16. The van der Waals surface area contributed by atoms with Gasteiger partial charge >= 0.3 is 0 Å². The summed E-state index contributed by atoms with van der Waals surface area (Å²) in [5, 5.41) is 0. The third kappa shape index (κ3) is 4.50. The SMILES string of the molecule is Cc1ccn2c(C(=O)N3CCC[C@@H](N(C)CCCN(C)C)C3)c(C)nc2c1.